The number of nitrogens with zero attached hydrogens (tertiary/aromatic N) is 1. The van der Waals surface area contributed by atoms with Gasteiger partial charge in [0, 0.05) is 35.5 Å². The predicted molar refractivity (Wildman–Crippen MR) is 140 cm³/mol. The average molecular weight is 490 g/mol. The molecule has 1 amide bonds. The van der Waals surface area contributed by atoms with Crippen molar-refractivity contribution in [3.63, 3.8) is 0 Å². The predicted octanol–water partition coefficient (Wildman–Crippen LogP) is 6.94. The van der Waals surface area contributed by atoms with Gasteiger partial charge in [-0.05, 0) is 69.8 Å². The Kier molecular flexibility index (Phi) is 7.79. The van der Waals surface area contributed by atoms with Crippen molar-refractivity contribution in [2.75, 3.05) is 5.73 Å². The first kappa shape index (κ1) is 25.6. The van der Waals surface area contributed by atoms with Gasteiger partial charge < -0.3 is 20.2 Å². The van der Waals surface area contributed by atoms with Gasteiger partial charge in [0.05, 0.1) is 16.0 Å². The summed E-state index contributed by atoms with van der Waals surface area (Å²) in [7, 11) is -2.01. The lowest BCUT2D eigenvalue weighted by Crippen LogP contribution is -2.44. The van der Waals surface area contributed by atoms with Crippen LogP contribution in [0, 0.1) is 0 Å². The molecule has 182 valence electrons. The number of amides is 1. The van der Waals surface area contributed by atoms with Crippen LogP contribution in [0.2, 0.25) is 18.1 Å². The van der Waals surface area contributed by atoms with E-state index < -0.39 is 8.32 Å². The second kappa shape index (κ2) is 10.1. The number of aromatic nitrogens is 1. The van der Waals surface area contributed by atoms with Crippen LogP contribution < -0.4 is 15.5 Å². The zero-order valence-corrected chi connectivity index (χ0v) is 22.8. The maximum atomic E-state index is 11.9. The molecule has 1 fully saturated rings. The average Bonchev–Trinajstić information content (AvgIpc) is 3.16. The number of carbonyl (C=O) groups excluding carboxylic acids is 1. The summed E-state index contributed by atoms with van der Waals surface area (Å²) in [5, 5.41) is 4.25. The molecule has 0 spiro atoms. The number of alkyl carbamates (subject to hydrolysis) is 1. The Morgan fingerprint density at radius 2 is 1.88 bits per heavy atom. The van der Waals surface area contributed by atoms with Crippen molar-refractivity contribution in [2.24, 2.45) is 0 Å². The molecule has 6 nitrogen and oxygen atoms in total. The zero-order chi connectivity index (χ0) is 24.4. The molecule has 3 N–H and O–H groups in total. The Hall–Kier alpha value is -2.06. The normalized spacial score (nSPS) is 19.4. The number of carbonyl (C=O) groups is 1. The fraction of sp³-hybridized carbons (Fsp3) is 0.600. The Balaban J connectivity index is 1.71. The van der Waals surface area contributed by atoms with E-state index in [2.05, 4.69) is 45.2 Å². The molecule has 33 heavy (non-hydrogen) atoms. The van der Waals surface area contributed by atoms with Crippen LogP contribution >= 0.6 is 11.3 Å². The lowest BCUT2D eigenvalue weighted by Gasteiger charge is -2.37. The number of nitrogen functional groups attached to an aromatic ring is 1. The molecule has 1 aliphatic rings. The van der Waals surface area contributed by atoms with Crippen molar-refractivity contribution in [2.45, 2.75) is 96.5 Å². The first-order valence-corrected chi connectivity index (χ1v) is 15.6. The standard InChI is InChI=1S/C25H39N3O3SSi/c1-16(2)30-24(29)28-19-11-8-17(9-12-19)23-27-15-22(32-23)20-13-10-18(26)14-21(20)31-33(6,7)25(3,4)5/h10,13-17,19H,8-9,11-12,26H2,1-7H3,(H,28,29). The highest BCUT2D eigenvalue weighted by Gasteiger charge is 2.39. The summed E-state index contributed by atoms with van der Waals surface area (Å²) in [6, 6.07) is 6.10. The van der Waals surface area contributed by atoms with E-state index in [4.69, 9.17) is 19.9 Å². The van der Waals surface area contributed by atoms with Gasteiger partial charge in [-0.2, -0.15) is 0 Å². The van der Waals surface area contributed by atoms with Crippen molar-refractivity contribution < 1.29 is 14.0 Å². The van der Waals surface area contributed by atoms with Crippen molar-refractivity contribution >= 4 is 31.4 Å². The van der Waals surface area contributed by atoms with Gasteiger partial charge in [0.2, 0.25) is 0 Å². The van der Waals surface area contributed by atoms with Crippen LogP contribution in [0.15, 0.2) is 24.4 Å². The minimum Gasteiger partial charge on any atom is -0.543 e. The largest absolute Gasteiger partial charge is 0.543 e. The molecule has 2 aromatic rings. The molecule has 0 aliphatic heterocycles. The Bertz CT molecular complexity index is 960. The topological polar surface area (TPSA) is 86.5 Å². The Morgan fingerprint density at radius 1 is 1.21 bits per heavy atom. The van der Waals surface area contributed by atoms with Gasteiger partial charge in [-0.1, -0.05) is 20.8 Å². The molecule has 3 rings (SSSR count). The molecule has 1 heterocycles. The second-order valence-corrected chi connectivity index (χ2v) is 16.6. The van der Waals surface area contributed by atoms with E-state index in [1.54, 1.807) is 11.3 Å². The molecule has 0 saturated heterocycles. The van der Waals surface area contributed by atoms with Gasteiger partial charge in [-0.3, -0.25) is 0 Å². The molecule has 1 saturated carbocycles. The third-order valence-electron chi connectivity index (χ3n) is 6.71. The maximum Gasteiger partial charge on any atom is 0.407 e. The van der Waals surface area contributed by atoms with Crippen LogP contribution in [0.4, 0.5) is 10.5 Å². The highest BCUT2D eigenvalue weighted by atomic mass is 32.1. The summed E-state index contributed by atoms with van der Waals surface area (Å²) in [6.45, 7) is 14.9. The van der Waals surface area contributed by atoms with Crippen molar-refractivity contribution in [1.82, 2.24) is 10.3 Å². The van der Waals surface area contributed by atoms with E-state index in [9.17, 15) is 4.79 Å². The lowest BCUT2D eigenvalue weighted by atomic mass is 9.86. The molecule has 0 atom stereocenters. The van der Waals surface area contributed by atoms with Gasteiger partial charge in [0.15, 0.2) is 0 Å². The smallest absolute Gasteiger partial charge is 0.407 e. The minimum absolute atomic E-state index is 0.0992. The van der Waals surface area contributed by atoms with E-state index in [1.807, 2.05) is 32.2 Å². The van der Waals surface area contributed by atoms with Crippen LogP contribution in [0.5, 0.6) is 5.75 Å². The third-order valence-corrected chi connectivity index (χ3v) is 12.2. The van der Waals surface area contributed by atoms with E-state index in [0.717, 1.165) is 46.9 Å². The zero-order valence-electron chi connectivity index (χ0n) is 21.0. The second-order valence-electron chi connectivity index (χ2n) is 10.8. The Labute approximate surface area is 203 Å². The van der Waals surface area contributed by atoms with Crippen LogP contribution in [0.3, 0.4) is 0 Å². The molecule has 0 bridgehead atoms. The molecule has 0 unspecified atom stereocenters. The Morgan fingerprint density at radius 3 is 2.48 bits per heavy atom. The maximum absolute atomic E-state index is 11.9. The quantitative estimate of drug-likeness (QED) is 0.339. The number of thiazole rings is 1. The summed E-state index contributed by atoms with van der Waals surface area (Å²) in [5.41, 5.74) is 7.88. The van der Waals surface area contributed by atoms with Gasteiger partial charge in [0.25, 0.3) is 8.32 Å². The fourth-order valence-corrected chi connectivity index (χ4v) is 5.90. The molecule has 0 radical (unpaired) electrons. The summed E-state index contributed by atoms with van der Waals surface area (Å²) in [6.07, 6.45) is 5.44. The van der Waals surface area contributed by atoms with Gasteiger partial charge >= 0.3 is 6.09 Å². The SMILES string of the molecule is CC(C)OC(=O)NC1CCC(c2ncc(-c3ccc(N)cc3O[Si](C)(C)C(C)(C)C)s2)CC1. The van der Waals surface area contributed by atoms with E-state index in [-0.39, 0.29) is 23.3 Å². The number of benzene rings is 1. The molecule has 1 aromatic carbocycles. The van der Waals surface area contributed by atoms with Crippen LogP contribution in [0.25, 0.3) is 10.4 Å². The summed E-state index contributed by atoms with van der Waals surface area (Å²) in [4.78, 5) is 17.8. The highest BCUT2D eigenvalue weighted by Crippen LogP contribution is 2.44. The van der Waals surface area contributed by atoms with Crippen molar-refractivity contribution in [3.05, 3.63) is 29.4 Å². The third kappa shape index (κ3) is 6.50. The number of rotatable bonds is 6. The van der Waals surface area contributed by atoms with E-state index in [1.165, 1.54) is 0 Å². The number of ether oxygens (including phenoxy) is 1. The van der Waals surface area contributed by atoms with Crippen LogP contribution in [-0.4, -0.2) is 31.5 Å². The molecule has 1 aliphatic carbocycles. The molecular weight excluding hydrogens is 450 g/mol. The van der Waals surface area contributed by atoms with Crippen LogP contribution in [-0.2, 0) is 4.74 Å². The summed E-state index contributed by atoms with van der Waals surface area (Å²) < 4.78 is 11.9. The lowest BCUT2D eigenvalue weighted by molar-refractivity contribution is 0.109. The van der Waals surface area contributed by atoms with E-state index >= 15 is 0 Å². The highest BCUT2D eigenvalue weighted by molar-refractivity contribution is 7.15. The molecule has 8 heteroatoms. The number of anilines is 1. The number of hydrogen-bond acceptors (Lipinski definition) is 6. The monoisotopic (exact) mass is 489 g/mol. The van der Waals surface area contributed by atoms with Gasteiger partial charge in [0.1, 0.15) is 5.75 Å². The summed E-state index contributed by atoms with van der Waals surface area (Å²) in [5.74, 6) is 1.27. The van der Waals surface area contributed by atoms with Gasteiger partial charge in [-0.15, -0.1) is 11.3 Å². The minimum atomic E-state index is -2.01. The molecule has 1 aromatic heterocycles. The van der Waals surface area contributed by atoms with Crippen molar-refractivity contribution in [3.8, 4) is 16.2 Å². The van der Waals surface area contributed by atoms with E-state index in [0.29, 0.717) is 11.6 Å². The van der Waals surface area contributed by atoms with Crippen molar-refractivity contribution in [1.29, 1.82) is 0 Å². The fourth-order valence-electron chi connectivity index (χ4n) is 3.76. The first-order valence-electron chi connectivity index (χ1n) is 11.9. The number of hydrogen-bond donors (Lipinski definition) is 2. The van der Waals surface area contributed by atoms with Crippen LogP contribution in [0.1, 0.15) is 71.2 Å². The number of nitrogens with two attached hydrogens (primary N) is 1. The van der Waals surface area contributed by atoms with Gasteiger partial charge in [-0.25, -0.2) is 9.78 Å². The number of nitrogens with one attached hydrogen (secondary N) is 1. The first-order chi connectivity index (χ1) is 15.4. The molecular formula is C25H39N3O3SSi. The summed E-state index contributed by atoms with van der Waals surface area (Å²) >= 11 is 1.74.